The summed E-state index contributed by atoms with van der Waals surface area (Å²) in [6.07, 6.45) is 27.6. The van der Waals surface area contributed by atoms with E-state index in [-0.39, 0.29) is 51.0 Å². The Morgan fingerprint density at radius 3 is 2.00 bits per heavy atom. The first-order valence-corrected chi connectivity index (χ1v) is 6.96. The summed E-state index contributed by atoms with van der Waals surface area (Å²) in [6, 6.07) is 0. The molecule has 3 rings (SSSR count). The first-order valence-electron chi connectivity index (χ1n) is 6.96. The van der Waals surface area contributed by atoms with E-state index in [9.17, 15) is 0 Å². The van der Waals surface area contributed by atoms with Crippen molar-refractivity contribution in [2.45, 2.75) is 51.4 Å². The van der Waals surface area contributed by atoms with Gasteiger partial charge in [0.05, 0.1) is 0 Å². The summed E-state index contributed by atoms with van der Waals surface area (Å²) < 4.78 is 0. The van der Waals surface area contributed by atoms with E-state index in [0.29, 0.717) is 0 Å². The maximum absolute atomic E-state index is 3.46. The van der Waals surface area contributed by atoms with E-state index < -0.39 is 0 Å². The van der Waals surface area contributed by atoms with E-state index in [4.69, 9.17) is 0 Å². The van der Waals surface area contributed by atoms with Crippen LogP contribution in [0.15, 0.2) is 36.0 Å². The minimum atomic E-state index is 0. The van der Waals surface area contributed by atoms with Gasteiger partial charge in [-0.15, -0.1) is 37.7 Å². The smallest absolute Gasteiger partial charge is 0.273 e. The molecule has 0 atom stereocenters. The van der Waals surface area contributed by atoms with Gasteiger partial charge in [-0.05, 0) is 18.8 Å². The zero-order chi connectivity index (χ0) is 11.8. The zero-order valence-electron chi connectivity index (χ0n) is 11.9. The fourth-order valence-corrected chi connectivity index (χ4v) is 2.63. The van der Waals surface area contributed by atoms with Gasteiger partial charge in [-0.25, -0.2) is 23.8 Å². The molecule has 1 saturated carbocycles. The molecule has 0 bridgehead atoms. The van der Waals surface area contributed by atoms with Crippen molar-refractivity contribution < 1.29 is 26.2 Å². The Morgan fingerprint density at radius 1 is 0.900 bits per heavy atom. The topological polar surface area (TPSA) is 0 Å². The quantitative estimate of drug-likeness (QED) is 0.392. The Bertz CT molecular complexity index is 325. The van der Waals surface area contributed by atoms with Crippen LogP contribution in [-0.2, 0) is 26.2 Å². The number of halogens is 2. The fourth-order valence-electron chi connectivity index (χ4n) is 2.63. The van der Waals surface area contributed by atoms with E-state index in [1.807, 2.05) is 12.2 Å². The van der Waals surface area contributed by atoms with Crippen molar-refractivity contribution in [1.82, 2.24) is 0 Å². The van der Waals surface area contributed by atoms with Gasteiger partial charge < -0.3 is 0 Å². The molecule has 0 heterocycles. The standard InChI is InChI=1S/C12H17.C5H5.2ClH.Zr/c1-2-4-8-11(7-3-1)12-9-5-6-10-12;1-2-4-5-3-1;;;/h5,9,11H,1-4,6-8H2;1-3H,4H2;2*1H;/q2*-1;;;+2. The molecule has 0 N–H and O–H groups in total. The van der Waals surface area contributed by atoms with Crippen LogP contribution in [0, 0.1) is 18.1 Å². The first kappa shape index (κ1) is 22.7. The van der Waals surface area contributed by atoms with Crippen molar-refractivity contribution in [3.05, 3.63) is 48.1 Å². The normalized spacial score (nSPS) is 19.7. The molecule has 0 unspecified atom stereocenters. The van der Waals surface area contributed by atoms with Gasteiger partial charge in [0.2, 0.25) is 0 Å². The molecule has 0 saturated heterocycles. The summed E-state index contributed by atoms with van der Waals surface area (Å²) in [6.45, 7) is 0. The third-order valence-electron chi connectivity index (χ3n) is 3.60. The van der Waals surface area contributed by atoms with Crippen LogP contribution in [-0.4, -0.2) is 0 Å². The average Bonchev–Trinajstić information content (AvgIpc) is 3.02. The summed E-state index contributed by atoms with van der Waals surface area (Å²) in [5.41, 5.74) is 1.51. The summed E-state index contributed by atoms with van der Waals surface area (Å²) >= 11 is 0. The second-order valence-electron chi connectivity index (χ2n) is 4.93. The molecule has 110 valence electrons. The molecule has 3 heteroatoms. The van der Waals surface area contributed by atoms with Crippen LogP contribution in [0.25, 0.3) is 0 Å². The van der Waals surface area contributed by atoms with Crippen LogP contribution >= 0.6 is 24.8 Å². The third kappa shape index (κ3) is 8.65. The van der Waals surface area contributed by atoms with Gasteiger partial charge >= 0.3 is 26.2 Å². The summed E-state index contributed by atoms with van der Waals surface area (Å²) in [7, 11) is 0. The molecule has 1 fully saturated rings. The van der Waals surface area contributed by atoms with Gasteiger partial charge in [-0.1, -0.05) is 25.7 Å². The Hall–Kier alpha value is 0.423. The van der Waals surface area contributed by atoms with Crippen molar-refractivity contribution in [3.63, 3.8) is 0 Å². The first-order chi connectivity index (χ1) is 8.47. The monoisotopic (exact) mass is 388 g/mol. The second kappa shape index (κ2) is 14.4. The molecular weight excluding hydrogens is 366 g/mol. The van der Waals surface area contributed by atoms with Crippen LogP contribution < -0.4 is 0 Å². The molecule has 0 nitrogen and oxygen atoms in total. The second-order valence-corrected chi connectivity index (χ2v) is 4.93. The average molecular weight is 391 g/mol. The molecule has 0 amide bonds. The predicted octanol–water partition coefficient (Wildman–Crippen LogP) is 5.79. The Kier molecular flexibility index (Phi) is 16.3. The predicted molar refractivity (Wildman–Crippen MR) is 87.8 cm³/mol. The molecule has 3 aliphatic carbocycles. The SMILES string of the molecule is Cl.Cl.[C-]1=C(C2CCCCCC2)C=CC1.[C-]1=CC=CC1.[Zr+2]. The Balaban J connectivity index is 0. The van der Waals surface area contributed by atoms with Crippen LogP contribution in [0.1, 0.15) is 51.4 Å². The van der Waals surface area contributed by atoms with Crippen LogP contribution in [0.5, 0.6) is 0 Å². The minimum absolute atomic E-state index is 0. The largest absolute Gasteiger partial charge is 2.00 e. The maximum Gasteiger partial charge on any atom is 2.00 e. The maximum atomic E-state index is 3.46. The number of hydrogen-bond donors (Lipinski definition) is 0. The molecule has 0 aromatic heterocycles. The van der Waals surface area contributed by atoms with Gasteiger partial charge in [0, 0.05) is 0 Å². The minimum Gasteiger partial charge on any atom is -0.273 e. The number of allylic oxidation sites excluding steroid dienone is 8. The molecule has 3 aliphatic rings. The van der Waals surface area contributed by atoms with Gasteiger partial charge in [-0.3, -0.25) is 12.2 Å². The molecule has 0 aromatic carbocycles. The third-order valence-corrected chi connectivity index (χ3v) is 3.60. The van der Waals surface area contributed by atoms with Crippen molar-refractivity contribution in [2.75, 3.05) is 0 Å². The fraction of sp³-hybridized carbons (Fsp3) is 0.529. The number of rotatable bonds is 1. The summed E-state index contributed by atoms with van der Waals surface area (Å²) in [5.74, 6) is 0.853. The van der Waals surface area contributed by atoms with Crippen molar-refractivity contribution in [1.29, 1.82) is 0 Å². The molecule has 0 spiro atoms. The van der Waals surface area contributed by atoms with Gasteiger partial charge in [0.15, 0.2) is 0 Å². The van der Waals surface area contributed by atoms with Crippen LogP contribution in [0.4, 0.5) is 0 Å². The van der Waals surface area contributed by atoms with Crippen molar-refractivity contribution in [3.8, 4) is 0 Å². The number of hydrogen-bond acceptors (Lipinski definition) is 0. The van der Waals surface area contributed by atoms with E-state index in [1.165, 1.54) is 44.1 Å². The molecule has 0 aliphatic heterocycles. The van der Waals surface area contributed by atoms with Gasteiger partial charge in [0.25, 0.3) is 0 Å². The van der Waals surface area contributed by atoms with E-state index in [0.717, 1.165) is 18.8 Å². The van der Waals surface area contributed by atoms with Crippen LogP contribution in [0.3, 0.4) is 0 Å². The Morgan fingerprint density at radius 2 is 1.60 bits per heavy atom. The summed E-state index contributed by atoms with van der Waals surface area (Å²) in [5, 5.41) is 0. The molecular formula is C17H24Cl2Zr. The van der Waals surface area contributed by atoms with Crippen molar-refractivity contribution in [2.24, 2.45) is 5.92 Å². The van der Waals surface area contributed by atoms with E-state index >= 15 is 0 Å². The molecule has 20 heavy (non-hydrogen) atoms. The van der Waals surface area contributed by atoms with Gasteiger partial charge in [-0.2, -0.15) is 12.2 Å². The summed E-state index contributed by atoms with van der Waals surface area (Å²) in [4.78, 5) is 0. The zero-order valence-corrected chi connectivity index (χ0v) is 16.0. The molecule has 0 radical (unpaired) electrons. The Labute approximate surface area is 155 Å². The van der Waals surface area contributed by atoms with Gasteiger partial charge in [0.1, 0.15) is 0 Å². The molecule has 0 aromatic rings. The van der Waals surface area contributed by atoms with E-state index in [1.54, 1.807) is 0 Å². The van der Waals surface area contributed by atoms with Crippen LogP contribution in [0.2, 0.25) is 0 Å². The van der Waals surface area contributed by atoms with E-state index in [2.05, 4.69) is 30.4 Å². The van der Waals surface area contributed by atoms with Crippen molar-refractivity contribution >= 4 is 24.8 Å².